The van der Waals surface area contributed by atoms with Crippen LogP contribution in [-0.4, -0.2) is 31.3 Å². The predicted octanol–water partition coefficient (Wildman–Crippen LogP) is 3.29. The summed E-state index contributed by atoms with van der Waals surface area (Å²) >= 11 is 0. The van der Waals surface area contributed by atoms with Crippen LogP contribution in [0.2, 0.25) is 0 Å². The molecule has 2 aromatic carbocycles. The zero-order valence-electron chi connectivity index (χ0n) is 15.1. The van der Waals surface area contributed by atoms with Crippen molar-refractivity contribution in [1.82, 2.24) is 10.6 Å². The summed E-state index contributed by atoms with van der Waals surface area (Å²) in [6.07, 6.45) is 0. The van der Waals surface area contributed by atoms with E-state index in [4.69, 9.17) is 0 Å². The van der Waals surface area contributed by atoms with E-state index in [1.165, 1.54) is 0 Å². The van der Waals surface area contributed by atoms with Gasteiger partial charge in [0.2, 0.25) is 0 Å². The maximum atomic E-state index is 12.8. The molecule has 2 N–H and O–H groups in total. The lowest BCUT2D eigenvalue weighted by molar-refractivity contribution is 0.0939. The third-order valence-electron chi connectivity index (χ3n) is 4.25. The second kappa shape index (κ2) is 9.35. The smallest absolute Gasteiger partial charge is 0.252 e. The Morgan fingerprint density at radius 2 is 1.64 bits per heavy atom. The molecule has 1 unspecified atom stereocenters. The summed E-state index contributed by atoms with van der Waals surface area (Å²) < 4.78 is 0. The molecule has 1 amide bonds. The van der Waals surface area contributed by atoms with Gasteiger partial charge < -0.3 is 10.6 Å². The zero-order valence-corrected chi connectivity index (χ0v) is 15.9. The molecule has 2 aromatic rings. The Hall–Kier alpha value is -2.17. The number of halogens is 1. The number of hydrogen-bond donors (Lipinski definition) is 2. The van der Waals surface area contributed by atoms with Crippen molar-refractivity contribution >= 4 is 24.1 Å². The number of ketones is 1. The van der Waals surface area contributed by atoms with Crippen molar-refractivity contribution in [3.8, 4) is 0 Å². The topological polar surface area (TPSA) is 58.2 Å². The number of rotatable bonds is 6. The minimum absolute atomic E-state index is 0. The van der Waals surface area contributed by atoms with Gasteiger partial charge in [0.05, 0.1) is 5.56 Å². The highest BCUT2D eigenvalue weighted by Gasteiger charge is 2.18. The fourth-order valence-electron chi connectivity index (χ4n) is 2.36. The molecule has 0 aliphatic rings. The predicted molar refractivity (Wildman–Crippen MR) is 104 cm³/mol. The minimum Gasteiger partial charge on any atom is -0.350 e. The fourth-order valence-corrected chi connectivity index (χ4v) is 2.36. The van der Waals surface area contributed by atoms with Gasteiger partial charge in [-0.3, -0.25) is 9.59 Å². The number of likely N-dealkylation sites (N-methyl/N-ethyl adjacent to an activating group) is 1. The summed E-state index contributed by atoms with van der Waals surface area (Å²) in [4.78, 5) is 25.3. The van der Waals surface area contributed by atoms with Crippen molar-refractivity contribution in [2.75, 3.05) is 13.6 Å². The summed E-state index contributed by atoms with van der Waals surface area (Å²) in [5, 5.41) is 5.93. The molecule has 0 heterocycles. The molecular weight excluding hydrogens is 336 g/mol. The molecule has 134 valence electrons. The standard InChI is InChI=1S/C20H24N2O2.ClH/c1-13-9-10-16(11-14(13)2)19(23)17-7-5-6-8-18(17)20(24)22-12-15(3)21-4;/h5-11,15,21H,12H2,1-4H3,(H,22,24);1H. The van der Waals surface area contributed by atoms with E-state index >= 15 is 0 Å². The second-order valence-corrected chi connectivity index (χ2v) is 6.07. The maximum absolute atomic E-state index is 12.8. The van der Waals surface area contributed by atoms with Gasteiger partial charge in [0, 0.05) is 23.7 Å². The number of nitrogens with one attached hydrogen (secondary N) is 2. The molecule has 0 aliphatic heterocycles. The largest absolute Gasteiger partial charge is 0.350 e. The lowest BCUT2D eigenvalue weighted by atomic mass is 9.95. The van der Waals surface area contributed by atoms with E-state index < -0.39 is 0 Å². The van der Waals surface area contributed by atoms with Crippen molar-refractivity contribution < 1.29 is 9.59 Å². The monoisotopic (exact) mass is 360 g/mol. The number of aryl methyl sites for hydroxylation is 2. The van der Waals surface area contributed by atoms with E-state index in [-0.39, 0.29) is 30.1 Å². The Morgan fingerprint density at radius 1 is 1.00 bits per heavy atom. The van der Waals surface area contributed by atoms with Crippen LogP contribution in [-0.2, 0) is 0 Å². The number of amides is 1. The summed E-state index contributed by atoms with van der Waals surface area (Å²) in [6, 6.07) is 12.7. The van der Waals surface area contributed by atoms with Gasteiger partial charge >= 0.3 is 0 Å². The average Bonchev–Trinajstić information content (AvgIpc) is 2.61. The molecule has 0 saturated carbocycles. The average molecular weight is 361 g/mol. The van der Waals surface area contributed by atoms with Crippen LogP contribution in [0, 0.1) is 13.8 Å². The quantitative estimate of drug-likeness (QED) is 0.777. The van der Waals surface area contributed by atoms with Crippen LogP contribution < -0.4 is 10.6 Å². The maximum Gasteiger partial charge on any atom is 0.252 e. The molecule has 0 fully saturated rings. The molecule has 4 nitrogen and oxygen atoms in total. The highest BCUT2D eigenvalue weighted by Crippen LogP contribution is 2.17. The van der Waals surface area contributed by atoms with Crippen molar-refractivity contribution in [3.63, 3.8) is 0 Å². The van der Waals surface area contributed by atoms with Crippen LogP contribution >= 0.6 is 12.4 Å². The minimum atomic E-state index is -0.232. The molecule has 25 heavy (non-hydrogen) atoms. The van der Waals surface area contributed by atoms with E-state index in [9.17, 15) is 9.59 Å². The number of carbonyl (C=O) groups excluding carboxylic acids is 2. The molecule has 0 radical (unpaired) electrons. The highest BCUT2D eigenvalue weighted by atomic mass is 35.5. The molecule has 1 atom stereocenters. The van der Waals surface area contributed by atoms with Crippen LogP contribution in [0.3, 0.4) is 0 Å². The highest BCUT2D eigenvalue weighted by molar-refractivity contribution is 6.15. The third kappa shape index (κ3) is 5.15. The molecule has 5 heteroatoms. The van der Waals surface area contributed by atoms with Gasteiger partial charge in [0.1, 0.15) is 0 Å². The zero-order chi connectivity index (χ0) is 17.7. The number of benzene rings is 2. The van der Waals surface area contributed by atoms with Gasteiger partial charge in [0.25, 0.3) is 5.91 Å². The van der Waals surface area contributed by atoms with Crippen LogP contribution in [0.4, 0.5) is 0 Å². The summed E-state index contributed by atoms with van der Waals surface area (Å²) in [5.41, 5.74) is 3.63. The molecule has 2 rings (SSSR count). The van der Waals surface area contributed by atoms with E-state index in [1.807, 2.05) is 46.0 Å². The Bertz CT molecular complexity index is 759. The van der Waals surface area contributed by atoms with E-state index in [0.717, 1.165) is 11.1 Å². The lowest BCUT2D eigenvalue weighted by Gasteiger charge is -2.13. The van der Waals surface area contributed by atoms with Crippen molar-refractivity contribution in [3.05, 3.63) is 70.3 Å². The van der Waals surface area contributed by atoms with Crippen molar-refractivity contribution in [2.45, 2.75) is 26.8 Å². The fraction of sp³-hybridized carbons (Fsp3) is 0.300. The lowest BCUT2D eigenvalue weighted by Crippen LogP contribution is -2.37. The molecular formula is C20H25ClN2O2. The first-order valence-corrected chi connectivity index (χ1v) is 8.10. The summed E-state index contributed by atoms with van der Waals surface area (Å²) in [5.74, 6) is -0.365. The van der Waals surface area contributed by atoms with Gasteiger partial charge in [-0.15, -0.1) is 12.4 Å². The second-order valence-electron chi connectivity index (χ2n) is 6.07. The number of carbonyl (C=O) groups is 2. The Morgan fingerprint density at radius 3 is 2.24 bits per heavy atom. The molecule has 0 spiro atoms. The summed E-state index contributed by atoms with van der Waals surface area (Å²) in [6.45, 7) is 6.46. The molecule has 0 aliphatic carbocycles. The van der Waals surface area contributed by atoms with Gasteiger partial charge in [-0.2, -0.15) is 0 Å². The van der Waals surface area contributed by atoms with Gasteiger partial charge in [-0.1, -0.05) is 30.3 Å². The van der Waals surface area contributed by atoms with E-state index in [0.29, 0.717) is 23.2 Å². The first kappa shape index (κ1) is 20.9. The van der Waals surface area contributed by atoms with Crippen LogP contribution in [0.5, 0.6) is 0 Å². The first-order valence-electron chi connectivity index (χ1n) is 8.10. The Balaban J connectivity index is 0.00000312. The summed E-state index contributed by atoms with van der Waals surface area (Å²) in [7, 11) is 1.84. The third-order valence-corrected chi connectivity index (χ3v) is 4.25. The van der Waals surface area contributed by atoms with Crippen LogP contribution in [0.15, 0.2) is 42.5 Å². The normalized spacial score (nSPS) is 11.4. The van der Waals surface area contributed by atoms with Crippen LogP contribution in [0.1, 0.15) is 44.3 Å². The SMILES string of the molecule is CNC(C)CNC(=O)c1ccccc1C(=O)c1ccc(C)c(C)c1.Cl. The van der Waals surface area contributed by atoms with Crippen molar-refractivity contribution in [2.24, 2.45) is 0 Å². The Kier molecular flexibility index (Phi) is 7.81. The van der Waals surface area contributed by atoms with Crippen molar-refractivity contribution in [1.29, 1.82) is 0 Å². The Labute approximate surface area is 155 Å². The van der Waals surface area contributed by atoms with E-state index in [2.05, 4.69) is 10.6 Å². The molecule has 0 aromatic heterocycles. The first-order chi connectivity index (χ1) is 11.4. The van der Waals surface area contributed by atoms with Gasteiger partial charge in [-0.25, -0.2) is 0 Å². The molecule has 0 saturated heterocycles. The molecule has 0 bridgehead atoms. The van der Waals surface area contributed by atoms with Gasteiger partial charge in [0.15, 0.2) is 5.78 Å². The van der Waals surface area contributed by atoms with E-state index in [1.54, 1.807) is 24.3 Å². The number of hydrogen-bond acceptors (Lipinski definition) is 3. The van der Waals surface area contributed by atoms with Gasteiger partial charge in [-0.05, 0) is 51.1 Å². The van der Waals surface area contributed by atoms with Crippen LogP contribution in [0.25, 0.3) is 0 Å².